The Hall–Kier alpha value is -1.53. The molecule has 0 aliphatic rings. The van der Waals surface area contributed by atoms with Gasteiger partial charge in [-0.3, -0.25) is 0 Å². The number of rotatable bonds is 2. The molecule has 15 heavy (non-hydrogen) atoms. The molecule has 0 fully saturated rings. The van der Waals surface area contributed by atoms with Gasteiger partial charge < -0.3 is 0 Å². The molecule has 6 heteroatoms. The van der Waals surface area contributed by atoms with Gasteiger partial charge in [-0.1, -0.05) is 0 Å². The van der Waals surface area contributed by atoms with Crippen molar-refractivity contribution in [1.82, 2.24) is 4.98 Å². The average Bonchev–Trinajstić information content (AvgIpc) is 2.20. The Morgan fingerprint density at radius 2 is 2.13 bits per heavy atom. The van der Waals surface area contributed by atoms with E-state index in [1.165, 1.54) is 0 Å². The molecule has 3 nitrogen and oxygen atoms in total. The van der Waals surface area contributed by atoms with E-state index in [0.717, 1.165) is 6.07 Å². The van der Waals surface area contributed by atoms with Crippen LogP contribution in [0.25, 0.3) is 0 Å². The Kier molecular flexibility index (Phi) is 3.70. The number of nitriles is 2. The minimum atomic E-state index is -2.75. The molecule has 0 bridgehead atoms. The monoisotopic (exact) mass is 271 g/mol. The topological polar surface area (TPSA) is 60.5 Å². The predicted molar refractivity (Wildman–Crippen MR) is 50.9 cm³/mol. The molecule has 0 unspecified atom stereocenters. The Morgan fingerprint density at radius 1 is 1.47 bits per heavy atom. The number of hydrogen-bond acceptors (Lipinski definition) is 3. The lowest BCUT2D eigenvalue weighted by Crippen LogP contribution is -2.00. The van der Waals surface area contributed by atoms with Crippen molar-refractivity contribution in [2.45, 2.75) is 12.8 Å². The van der Waals surface area contributed by atoms with Gasteiger partial charge in [-0.15, -0.1) is 0 Å². The van der Waals surface area contributed by atoms with Crippen LogP contribution < -0.4 is 0 Å². The van der Waals surface area contributed by atoms with Gasteiger partial charge in [-0.2, -0.15) is 10.5 Å². The van der Waals surface area contributed by atoms with Crippen molar-refractivity contribution >= 4 is 15.9 Å². The lowest BCUT2D eigenvalue weighted by molar-refractivity contribution is 0.150. The van der Waals surface area contributed by atoms with E-state index in [-0.39, 0.29) is 12.1 Å². The van der Waals surface area contributed by atoms with Crippen LogP contribution in [0.5, 0.6) is 0 Å². The van der Waals surface area contributed by atoms with Crippen LogP contribution in [0, 0.1) is 22.7 Å². The van der Waals surface area contributed by atoms with E-state index in [9.17, 15) is 8.78 Å². The number of pyridine rings is 1. The summed E-state index contributed by atoms with van der Waals surface area (Å²) in [5.74, 6) is 0. The van der Waals surface area contributed by atoms with Crippen LogP contribution in [0.2, 0.25) is 0 Å². The van der Waals surface area contributed by atoms with Crippen LogP contribution in [-0.2, 0) is 6.42 Å². The predicted octanol–water partition coefficient (Wildman–Crippen LogP) is 2.72. The standard InChI is InChI=1S/C9H4BrF2N3/c10-6-3-5(9(11)12)8(4-14)15-7(6)1-2-13/h3,9H,1H2. The summed E-state index contributed by atoms with van der Waals surface area (Å²) in [6.45, 7) is 0. The summed E-state index contributed by atoms with van der Waals surface area (Å²) in [4.78, 5) is 3.69. The second kappa shape index (κ2) is 4.81. The first-order valence-corrected chi connectivity index (χ1v) is 4.64. The fourth-order valence-electron chi connectivity index (χ4n) is 0.996. The molecular formula is C9H4BrF2N3. The Morgan fingerprint density at radius 3 is 2.60 bits per heavy atom. The van der Waals surface area contributed by atoms with E-state index in [1.54, 1.807) is 6.07 Å². The van der Waals surface area contributed by atoms with E-state index >= 15 is 0 Å². The molecule has 1 aromatic heterocycles. The molecule has 1 aromatic rings. The molecule has 0 saturated heterocycles. The van der Waals surface area contributed by atoms with Gasteiger partial charge in [0.05, 0.1) is 23.7 Å². The molecule has 0 spiro atoms. The van der Waals surface area contributed by atoms with Crippen molar-refractivity contribution in [2.24, 2.45) is 0 Å². The summed E-state index contributed by atoms with van der Waals surface area (Å²) in [5, 5.41) is 17.1. The molecular weight excluding hydrogens is 268 g/mol. The van der Waals surface area contributed by atoms with Crippen LogP contribution in [0.15, 0.2) is 10.5 Å². The first kappa shape index (κ1) is 11.5. The molecule has 0 aliphatic heterocycles. The van der Waals surface area contributed by atoms with Crippen molar-refractivity contribution in [1.29, 1.82) is 10.5 Å². The van der Waals surface area contributed by atoms with E-state index in [0.29, 0.717) is 10.2 Å². The molecule has 0 atom stereocenters. The summed E-state index contributed by atoms with van der Waals surface area (Å²) >= 11 is 3.02. The molecule has 0 saturated carbocycles. The fraction of sp³-hybridized carbons (Fsp3) is 0.222. The first-order valence-electron chi connectivity index (χ1n) is 3.84. The maximum absolute atomic E-state index is 12.4. The highest BCUT2D eigenvalue weighted by atomic mass is 79.9. The zero-order valence-electron chi connectivity index (χ0n) is 7.34. The summed E-state index contributed by atoms with van der Waals surface area (Å²) in [7, 11) is 0. The third-order valence-electron chi connectivity index (χ3n) is 1.67. The highest BCUT2D eigenvalue weighted by molar-refractivity contribution is 9.10. The Balaban J connectivity index is 3.32. The van der Waals surface area contributed by atoms with Crippen LogP contribution >= 0.6 is 15.9 Å². The van der Waals surface area contributed by atoms with Crippen LogP contribution in [-0.4, -0.2) is 4.98 Å². The van der Waals surface area contributed by atoms with Crippen molar-refractivity contribution < 1.29 is 8.78 Å². The molecule has 1 heterocycles. The van der Waals surface area contributed by atoms with Crippen LogP contribution in [0.4, 0.5) is 8.78 Å². The van der Waals surface area contributed by atoms with Gasteiger partial charge in [0.2, 0.25) is 0 Å². The largest absolute Gasteiger partial charge is 0.266 e. The number of halogens is 3. The molecule has 0 aromatic carbocycles. The third kappa shape index (κ3) is 2.48. The maximum atomic E-state index is 12.4. The number of aromatic nitrogens is 1. The summed E-state index contributed by atoms with van der Waals surface area (Å²) < 4.78 is 25.2. The highest BCUT2D eigenvalue weighted by Gasteiger charge is 2.17. The SMILES string of the molecule is N#CCc1nc(C#N)c(C(F)F)cc1Br. The Bertz CT molecular complexity index is 460. The summed E-state index contributed by atoms with van der Waals surface area (Å²) in [5.41, 5.74) is -0.469. The number of hydrogen-bond donors (Lipinski definition) is 0. The number of alkyl halides is 2. The zero-order chi connectivity index (χ0) is 11.4. The molecule has 0 radical (unpaired) electrons. The lowest BCUT2D eigenvalue weighted by Gasteiger charge is -2.05. The van der Waals surface area contributed by atoms with Crippen LogP contribution in [0.1, 0.15) is 23.4 Å². The molecule has 76 valence electrons. The van der Waals surface area contributed by atoms with Crippen LogP contribution in [0.3, 0.4) is 0 Å². The maximum Gasteiger partial charge on any atom is 0.266 e. The van der Waals surface area contributed by atoms with Gasteiger partial charge in [-0.05, 0) is 22.0 Å². The molecule has 0 N–H and O–H groups in total. The van der Waals surface area contributed by atoms with Crippen molar-refractivity contribution in [2.75, 3.05) is 0 Å². The fourth-order valence-corrected chi connectivity index (χ4v) is 1.47. The molecule has 0 aliphatic carbocycles. The lowest BCUT2D eigenvalue weighted by atomic mass is 10.1. The second-order valence-electron chi connectivity index (χ2n) is 2.60. The average molecular weight is 272 g/mol. The van der Waals surface area contributed by atoms with Gasteiger partial charge in [0.15, 0.2) is 0 Å². The van der Waals surface area contributed by atoms with E-state index in [1.807, 2.05) is 6.07 Å². The smallest absolute Gasteiger partial charge is 0.239 e. The van der Waals surface area contributed by atoms with E-state index < -0.39 is 12.0 Å². The second-order valence-corrected chi connectivity index (χ2v) is 3.46. The number of nitrogens with zero attached hydrogens (tertiary/aromatic N) is 3. The van der Waals surface area contributed by atoms with Crippen molar-refractivity contribution in [3.8, 4) is 12.1 Å². The highest BCUT2D eigenvalue weighted by Crippen LogP contribution is 2.26. The van der Waals surface area contributed by atoms with Gasteiger partial charge in [0, 0.05) is 4.47 Å². The van der Waals surface area contributed by atoms with Gasteiger partial charge in [0.25, 0.3) is 6.43 Å². The van der Waals surface area contributed by atoms with Gasteiger partial charge in [-0.25, -0.2) is 13.8 Å². The molecule has 0 amide bonds. The van der Waals surface area contributed by atoms with E-state index in [2.05, 4.69) is 20.9 Å². The van der Waals surface area contributed by atoms with Gasteiger partial charge >= 0.3 is 0 Å². The minimum absolute atomic E-state index is 0.0290. The van der Waals surface area contributed by atoms with Crippen molar-refractivity contribution in [3.05, 3.63) is 27.5 Å². The summed E-state index contributed by atoms with van der Waals surface area (Å²) in [6.07, 6.45) is -2.78. The van der Waals surface area contributed by atoms with Crippen molar-refractivity contribution in [3.63, 3.8) is 0 Å². The molecule has 1 rings (SSSR count). The Labute approximate surface area is 93.1 Å². The first-order chi connectivity index (χ1) is 7.10. The minimum Gasteiger partial charge on any atom is -0.239 e. The summed E-state index contributed by atoms with van der Waals surface area (Å²) in [6, 6.07) is 4.54. The normalized spacial score (nSPS) is 9.73. The zero-order valence-corrected chi connectivity index (χ0v) is 8.92. The van der Waals surface area contributed by atoms with Gasteiger partial charge in [0.1, 0.15) is 11.8 Å². The quantitative estimate of drug-likeness (QED) is 0.831. The van der Waals surface area contributed by atoms with E-state index in [4.69, 9.17) is 10.5 Å². The third-order valence-corrected chi connectivity index (χ3v) is 2.35.